The van der Waals surface area contributed by atoms with Crippen LogP contribution in [0.5, 0.6) is 5.75 Å². The lowest BCUT2D eigenvalue weighted by molar-refractivity contribution is -0.141. The summed E-state index contributed by atoms with van der Waals surface area (Å²) in [5.74, 6) is 0.822. The Bertz CT molecular complexity index is 819. The third-order valence-electron chi connectivity index (χ3n) is 5.50. The average molecular weight is 364 g/mol. The van der Waals surface area contributed by atoms with Gasteiger partial charge in [-0.1, -0.05) is 30.3 Å². The SMILES string of the molecule is C[C@@H]1C(=O)N2CCC[C@@H]2CN1C(=O)c1ccc(COc2ccccc2)cc1. The average Bonchev–Trinajstić information content (AvgIpc) is 3.19. The van der Waals surface area contributed by atoms with Crippen molar-refractivity contribution < 1.29 is 14.3 Å². The van der Waals surface area contributed by atoms with Crippen molar-refractivity contribution in [2.45, 2.75) is 38.5 Å². The predicted octanol–water partition coefficient (Wildman–Crippen LogP) is 3.10. The van der Waals surface area contributed by atoms with Crippen LogP contribution in [0.1, 0.15) is 35.7 Å². The molecule has 140 valence electrons. The molecule has 0 unspecified atom stereocenters. The molecule has 2 heterocycles. The summed E-state index contributed by atoms with van der Waals surface area (Å²) in [4.78, 5) is 29.2. The van der Waals surface area contributed by atoms with Gasteiger partial charge in [0.2, 0.25) is 5.91 Å². The molecule has 0 saturated carbocycles. The van der Waals surface area contributed by atoms with Gasteiger partial charge in [0.1, 0.15) is 18.4 Å². The molecule has 2 aliphatic heterocycles. The first kappa shape index (κ1) is 17.6. The first-order chi connectivity index (χ1) is 13.1. The third-order valence-corrected chi connectivity index (χ3v) is 5.50. The lowest BCUT2D eigenvalue weighted by atomic mass is 10.0. The molecule has 2 atom stereocenters. The Morgan fingerprint density at radius 2 is 1.85 bits per heavy atom. The minimum absolute atomic E-state index is 0.0714. The van der Waals surface area contributed by atoms with Crippen molar-refractivity contribution in [3.05, 3.63) is 65.7 Å². The first-order valence-electron chi connectivity index (χ1n) is 9.52. The molecule has 0 radical (unpaired) electrons. The van der Waals surface area contributed by atoms with Crippen LogP contribution in [0.4, 0.5) is 0 Å². The van der Waals surface area contributed by atoms with Crippen LogP contribution in [0, 0.1) is 0 Å². The van der Waals surface area contributed by atoms with E-state index in [-0.39, 0.29) is 17.9 Å². The maximum Gasteiger partial charge on any atom is 0.254 e. The van der Waals surface area contributed by atoms with E-state index in [2.05, 4.69) is 0 Å². The molecule has 2 amide bonds. The van der Waals surface area contributed by atoms with Crippen molar-refractivity contribution in [3.8, 4) is 5.75 Å². The van der Waals surface area contributed by atoms with Gasteiger partial charge in [0.15, 0.2) is 0 Å². The van der Waals surface area contributed by atoms with Gasteiger partial charge in [0.05, 0.1) is 0 Å². The summed E-state index contributed by atoms with van der Waals surface area (Å²) in [6, 6.07) is 16.9. The summed E-state index contributed by atoms with van der Waals surface area (Å²) in [7, 11) is 0. The summed E-state index contributed by atoms with van der Waals surface area (Å²) in [5.41, 5.74) is 1.62. The van der Waals surface area contributed by atoms with Gasteiger partial charge in [-0.2, -0.15) is 0 Å². The van der Waals surface area contributed by atoms with Crippen LogP contribution in [0.15, 0.2) is 54.6 Å². The highest BCUT2D eigenvalue weighted by Crippen LogP contribution is 2.27. The van der Waals surface area contributed by atoms with Gasteiger partial charge < -0.3 is 14.5 Å². The van der Waals surface area contributed by atoms with Crippen LogP contribution < -0.4 is 4.74 Å². The standard InChI is InChI=1S/C22H24N2O3/c1-16-21(25)23-13-5-6-19(23)14-24(16)22(26)18-11-9-17(10-12-18)15-27-20-7-3-2-4-8-20/h2-4,7-12,16,19H,5-6,13-15H2,1H3/t16-,19-/m1/s1. The van der Waals surface area contributed by atoms with Crippen molar-refractivity contribution in [1.29, 1.82) is 0 Å². The Labute approximate surface area is 159 Å². The van der Waals surface area contributed by atoms with E-state index >= 15 is 0 Å². The Hall–Kier alpha value is -2.82. The van der Waals surface area contributed by atoms with Gasteiger partial charge in [-0.05, 0) is 49.6 Å². The Balaban J connectivity index is 1.42. The van der Waals surface area contributed by atoms with E-state index in [1.54, 1.807) is 4.90 Å². The molecule has 0 N–H and O–H groups in total. The molecule has 2 aliphatic rings. The molecule has 0 bridgehead atoms. The van der Waals surface area contributed by atoms with Crippen molar-refractivity contribution in [3.63, 3.8) is 0 Å². The number of benzene rings is 2. The zero-order valence-electron chi connectivity index (χ0n) is 15.5. The van der Waals surface area contributed by atoms with Gasteiger partial charge in [0, 0.05) is 24.7 Å². The molecule has 2 saturated heterocycles. The van der Waals surface area contributed by atoms with Crippen molar-refractivity contribution in [1.82, 2.24) is 9.80 Å². The van der Waals surface area contributed by atoms with Gasteiger partial charge in [0.25, 0.3) is 5.91 Å². The van der Waals surface area contributed by atoms with E-state index in [1.807, 2.05) is 66.4 Å². The first-order valence-corrected chi connectivity index (χ1v) is 9.52. The smallest absolute Gasteiger partial charge is 0.254 e. The van der Waals surface area contributed by atoms with Crippen LogP contribution in [-0.2, 0) is 11.4 Å². The number of ether oxygens (including phenoxy) is 1. The lowest BCUT2D eigenvalue weighted by Gasteiger charge is -2.41. The highest BCUT2D eigenvalue weighted by atomic mass is 16.5. The Kier molecular flexibility index (Phi) is 4.84. The van der Waals surface area contributed by atoms with E-state index in [1.165, 1.54) is 0 Å². The molecular formula is C22H24N2O3. The van der Waals surface area contributed by atoms with Crippen LogP contribution in [0.3, 0.4) is 0 Å². The number of hydrogen-bond acceptors (Lipinski definition) is 3. The van der Waals surface area contributed by atoms with E-state index < -0.39 is 6.04 Å². The molecule has 2 aromatic rings. The number of rotatable bonds is 4. The van der Waals surface area contributed by atoms with E-state index in [0.29, 0.717) is 18.7 Å². The van der Waals surface area contributed by atoms with Crippen molar-refractivity contribution >= 4 is 11.8 Å². The number of piperazine rings is 1. The summed E-state index contributed by atoms with van der Waals surface area (Å²) >= 11 is 0. The minimum Gasteiger partial charge on any atom is -0.489 e. The Morgan fingerprint density at radius 3 is 2.59 bits per heavy atom. The highest BCUT2D eigenvalue weighted by Gasteiger charge is 2.42. The number of amides is 2. The third kappa shape index (κ3) is 3.54. The largest absolute Gasteiger partial charge is 0.489 e. The molecule has 0 aliphatic carbocycles. The molecular weight excluding hydrogens is 340 g/mol. The van der Waals surface area contributed by atoms with E-state index in [4.69, 9.17) is 4.74 Å². The van der Waals surface area contributed by atoms with E-state index in [0.717, 1.165) is 30.7 Å². The van der Waals surface area contributed by atoms with E-state index in [9.17, 15) is 9.59 Å². The number of carbonyl (C=O) groups excluding carboxylic acids is 2. The van der Waals surface area contributed by atoms with Crippen LogP contribution in [0.25, 0.3) is 0 Å². The number of hydrogen-bond donors (Lipinski definition) is 0. The van der Waals surface area contributed by atoms with Crippen molar-refractivity contribution in [2.24, 2.45) is 0 Å². The molecule has 4 rings (SSSR count). The fourth-order valence-electron chi connectivity index (χ4n) is 3.93. The molecule has 5 heteroatoms. The van der Waals surface area contributed by atoms with Crippen molar-refractivity contribution in [2.75, 3.05) is 13.1 Å². The zero-order valence-corrected chi connectivity index (χ0v) is 15.5. The van der Waals surface area contributed by atoms with Gasteiger partial charge in [-0.25, -0.2) is 0 Å². The quantitative estimate of drug-likeness (QED) is 0.838. The summed E-state index contributed by atoms with van der Waals surface area (Å²) in [5, 5.41) is 0. The molecule has 2 fully saturated rings. The summed E-state index contributed by atoms with van der Waals surface area (Å²) < 4.78 is 5.74. The predicted molar refractivity (Wildman–Crippen MR) is 102 cm³/mol. The highest BCUT2D eigenvalue weighted by molar-refractivity contribution is 5.98. The lowest BCUT2D eigenvalue weighted by Crippen LogP contribution is -2.60. The maximum absolute atomic E-state index is 13.0. The van der Waals surface area contributed by atoms with Gasteiger partial charge in [-0.3, -0.25) is 9.59 Å². The zero-order chi connectivity index (χ0) is 18.8. The van der Waals surface area contributed by atoms with Crippen LogP contribution in [-0.4, -0.2) is 46.8 Å². The van der Waals surface area contributed by atoms with Crippen LogP contribution in [0.2, 0.25) is 0 Å². The molecule has 27 heavy (non-hydrogen) atoms. The molecule has 0 spiro atoms. The van der Waals surface area contributed by atoms with Gasteiger partial charge in [-0.15, -0.1) is 0 Å². The monoisotopic (exact) mass is 364 g/mol. The van der Waals surface area contributed by atoms with Gasteiger partial charge >= 0.3 is 0 Å². The van der Waals surface area contributed by atoms with Crippen LogP contribution >= 0.6 is 0 Å². The molecule has 5 nitrogen and oxygen atoms in total. The maximum atomic E-state index is 13.0. The topological polar surface area (TPSA) is 49.9 Å². The summed E-state index contributed by atoms with van der Waals surface area (Å²) in [6.07, 6.45) is 2.01. The number of carbonyl (C=O) groups is 2. The number of nitrogens with zero attached hydrogens (tertiary/aromatic N) is 2. The molecule has 2 aromatic carbocycles. The second-order valence-electron chi connectivity index (χ2n) is 7.26. The number of para-hydroxylation sites is 1. The fraction of sp³-hybridized carbons (Fsp3) is 0.364. The minimum atomic E-state index is -0.395. The second kappa shape index (κ2) is 7.43. The second-order valence-corrected chi connectivity index (χ2v) is 7.26. The Morgan fingerprint density at radius 1 is 1.11 bits per heavy atom. The normalized spacial score (nSPS) is 21.9. The number of fused-ring (bicyclic) bond motifs is 1. The fourth-order valence-corrected chi connectivity index (χ4v) is 3.93. The summed E-state index contributed by atoms with van der Waals surface area (Å²) in [6.45, 7) is 3.74. The molecule has 0 aromatic heterocycles.